The van der Waals surface area contributed by atoms with Crippen molar-refractivity contribution < 1.29 is 23.1 Å². The summed E-state index contributed by atoms with van der Waals surface area (Å²) in [5, 5.41) is 22.0. The molecule has 0 fully saturated rings. The fraction of sp³-hybridized carbons (Fsp3) is 0.357. The van der Waals surface area contributed by atoms with E-state index in [1.807, 2.05) is 6.92 Å². The molecular weight excluding hydrogens is 299 g/mol. The second-order valence-corrected chi connectivity index (χ2v) is 4.94. The third kappa shape index (κ3) is 2.67. The van der Waals surface area contributed by atoms with Crippen LogP contribution in [0.15, 0.2) is 29.4 Å². The highest BCUT2D eigenvalue weighted by atomic mass is 19.4. The molecule has 0 unspecified atom stereocenters. The molecule has 1 N–H and O–H groups in total. The summed E-state index contributed by atoms with van der Waals surface area (Å²) in [7, 11) is 0. The van der Waals surface area contributed by atoms with Crippen LogP contribution in [0.1, 0.15) is 24.0 Å². The highest BCUT2D eigenvalue weighted by molar-refractivity contribution is 6.03. The predicted molar refractivity (Wildman–Crippen MR) is 70.4 cm³/mol. The van der Waals surface area contributed by atoms with Crippen LogP contribution in [-0.4, -0.2) is 33.6 Å². The molecule has 1 atom stereocenters. The molecule has 1 aliphatic rings. The number of aryl methyl sites for hydroxylation is 1. The van der Waals surface area contributed by atoms with E-state index in [1.165, 1.54) is 6.07 Å². The minimum atomic E-state index is -5.09. The summed E-state index contributed by atoms with van der Waals surface area (Å²) in [6.07, 6.45) is -6.77. The molecule has 0 radical (unpaired) electrons. The molecule has 0 spiro atoms. The van der Waals surface area contributed by atoms with E-state index in [0.29, 0.717) is 5.56 Å². The van der Waals surface area contributed by atoms with Crippen molar-refractivity contribution in [3.05, 3.63) is 35.4 Å². The molecule has 0 aromatic heterocycles. The number of rotatable bonds is 2. The van der Waals surface area contributed by atoms with Crippen molar-refractivity contribution in [1.82, 2.24) is 5.01 Å². The Hall–Kier alpha value is -2.40. The van der Waals surface area contributed by atoms with Crippen LogP contribution in [0.5, 0.6) is 0 Å². The molecule has 0 aliphatic carbocycles. The molecule has 0 saturated heterocycles. The molecule has 5 nitrogen and oxygen atoms in total. The summed E-state index contributed by atoms with van der Waals surface area (Å²) >= 11 is 0. The second-order valence-electron chi connectivity index (χ2n) is 4.94. The summed E-state index contributed by atoms with van der Waals surface area (Å²) in [5.41, 5.74) is -2.21. The number of alkyl halides is 3. The normalized spacial score (nSPS) is 21.5. The van der Waals surface area contributed by atoms with Gasteiger partial charge in [0.1, 0.15) is 6.42 Å². The van der Waals surface area contributed by atoms with Gasteiger partial charge in [0.25, 0.3) is 11.6 Å². The Kier molecular flexibility index (Phi) is 3.94. The second kappa shape index (κ2) is 5.42. The van der Waals surface area contributed by atoms with Gasteiger partial charge in [-0.05, 0) is 12.5 Å². The van der Waals surface area contributed by atoms with Crippen LogP contribution in [0, 0.1) is 18.3 Å². The van der Waals surface area contributed by atoms with Crippen LogP contribution < -0.4 is 0 Å². The van der Waals surface area contributed by atoms with Crippen molar-refractivity contribution in [2.75, 3.05) is 0 Å². The zero-order valence-electron chi connectivity index (χ0n) is 11.6. The van der Waals surface area contributed by atoms with E-state index in [0.717, 1.165) is 5.56 Å². The molecule has 22 heavy (non-hydrogen) atoms. The van der Waals surface area contributed by atoms with Crippen LogP contribution in [0.3, 0.4) is 0 Å². The number of hydrazone groups is 1. The minimum Gasteiger partial charge on any atom is -0.362 e. The van der Waals surface area contributed by atoms with E-state index in [1.54, 1.807) is 24.3 Å². The van der Waals surface area contributed by atoms with Crippen molar-refractivity contribution in [2.45, 2.75) is 31.7 Å². The van der Waals surface area contributed by atoms with Gasteiger partial charge in [-0.2, -0.15) is 28.5 Å². The lowest BCUT2D eigenvalue weighted by molar-refractivity contribution is -0.302. The molecule has 0 bridgehead atoms. The summed E-state index contributed by atoms with van der Waals surface area (Å²) in [6, 6.07) is 7.94. The number of carbonyl (C=O) groups is 1. The molecule has 1 aromatic rings. The van der Waals surface area contributed by atoms with Gasteiger partial charge in [-0.3, -0.25) is 4.79 Å². The molecule has 1 amide bonds. The number of nitriles is 1. The zero-order chi connectivity index (χ0) is 16.5. The maximum absolute atomic E-state index is 13.1. The fourth-order valence-corrected chi connectivity index (χ4v) is 2.08. The lowest BCUT2D eigenvalue weighted by atomic mass is 10.00. The standard InChI is InChI=1S/C14H12F3N3O2/c1-9-2-4-10(5-3-9)11-8-13(22,14(15,16)17)20(19-11)12(21)6-7-18/h2-5,22H,6,8H2,1H3/t13-/m0/s1. The molecule has 8 heteroatoms. The van der Waals surface area contributed by atoms with Gasteiger partial charge in [0.2, 0.25) is 0 Å². The Balaban J connectivity index is 2.43. The number of halogens is 3. The van der Waals surface area contributed by atoms with Crippen molar-refractivity contribution in [3.8, 4) is 6.07 Å². The number of benzene rings is 1. The Bertz CT molecular complexity index is 661. The van der Waals surface area contributed by atoms with Gasteiger partial charge in [-0.25, -0.2) is 0 Å². The topological polar surface area (TPSA) is 76.7 Å². The van der Waals surface area contributed by atoms with Crippen LogP contribution in [-0.2, 0) is 4.79 Å². The average Bonchev–Trinajstić information content (AvgIpc) is 2.79. The monoisotopic (exact) mass is 311 g/mol. The molecule has 1 aromatic carbocycles. The fourth-order valence-electron chi connectivity index (χ4n) is 2.08. The van der Waals surface area contributed by atoms with Crippen LogP contribution in [0.4, 0.5) is 13.2 Å². The predicted octanol–water partition coefficient (Wildman–Crippen LogP) is 2.10. The van der Waals surface area contributed by atoms with Gasteiger partial charge >= 0.3 is 6.18 Å². The summed E-state index contributed by atoms with van der Waals surface area (Å²) < 4.78 is 39.4. The summed E-state index contributed by atoms with van der Waals surface area (Å²) in [6.45, 7) is 1.81. The van der Waals surface area contributed by atoms with Crippen LogP contribution in [0.2, 0.25) is 0 Å². The van der Waals surface area contributed by atoms with E-state index < -0.39 is 30.7 Å². The van der Waals surface area contributed by atoms with E-state index in [-0.39, 0.29) is 10.7 Å². The molecule has 116 valence electrons. The first-order valence-electron chi connectivity index (χ1n) is 6.32. The Morgan fingerprint density at radius 2 is 2.05 bits per heavy atom. The molecule has 2 rings (SSSR count). The third-order valence-electron chi connectivity index (χ3n) is 3.29. The number of amides is 1. The first-order chi connectivity index (χ1) is 10.2. The molecule has 0 saturated carbocycles. The zero-order valence-corrected chi connectivity index (χ0v) is 11.6. The first-order valence-corrected chi connectivity index (χ1v) is 6.32. The van der Waals surface area contributed by atoms with Gasteiger partial charge in [0.05, 0.1) is 18.2 Å². The SMILES string of the molecule is Cc1ccc(C2=NN(C(=O)CC#N)[C@@](O)(C(F)(F)F)C2)cc1. The Morgan fingerprint density at radius 1 is 1.45 bits per heavy atom. The van der Waals surface area contributed by atoms with Gasteiger partial charge in [0, 0.05) is 0 Å². The number of carbonyl (C=O) groups excluding carboxylic acids is 1. The highest BCUT2D eigenvalue weighted by Gasteiger charge is 2.63. The van der Waals surface area contributed by atoms with E-state index in [2.05, 4.69) is 5.10 Å². The summed E-state index contributed by atoms with van der Waals surface area (Å²) in [4.78, 5) is 11.7. The van der Waals surface area contributed by atoms with Crippen molar-refractivity contribution in [1.29, 1.82) is 5.26 Å². The number of hydrogen-bond donors (Lipinski definition) is 1. The maximum Gasteiger partial charge on any atom is 0.438 e. The molecule has 1 aliphatic heterocycles. The third-order valence-corrected chi connectivity index (χ3v) is 3.29. The smallest absolute Gasteiger partial charge is 0.362 e. The van der Waals surface area contributed by atoms with Gasteiger partial charge in [0.15, 0.2) is 0 Å². The quantitative estimate of drug-likeness (QED) is 0.908. The Labute approximate surface area is 124 Å². The Morgan fingerprint density at radius 3 is 2.55 bits per heavy atom. The van der Waals surface area contributed by atoms with E-state index in [4.69, 9.17) is 5.26 Å². The first kappa shape index (κ1) is 16.0. The lowest BCUT2D eigenvalue weighted by Gasteiger charge is -2.32. The van der Waals surface area contributed by atoms with Gasteiger partial charge < -0.3 is 5.11 Å². The maximum atomic E-state index is 13.1. The minimum absolute atomic E-state index is 0.0363. The summed E-state index contributed by atoms with van der Waals surface area (Å²) in [5.74, 6) is -1.20. The van der Waals surface area contributed by atoms with Crippen LogP contribution in [0.25, 0.3) is 0 Å². The van der Waals surface area contributed by atoms with Gasteiger partial charge in [-0.1, -0.05) is 29.8 Å². The van der Waals surface area contributed by atoms with Gasteiger partial charge in [-0.15, -0.1) is 0 Å². The number of nitrogens with zero attached hydrogens (tertiary/aromatic N) is 3. The molecular formula is C14H12F3N3O2. The number of hydrogen-bond acceptors (Lipinski definition) is 4. The van der Waals surface area contributed by atoms with Crippen molar-refractivity contribution in [2.24, 2.45) is 5.10 Å². The van der Waals surface area contributed by atoms with Crippen LogP contribution >= 0.6 is 0 Å². The highest BCUT2D eigenvalue weighted by Crippen LogP contribution is 2.41. The largest absolute Gasteiger partial charge is 0.438 e. The van der Waals surface area contributed by atoms with Crippen molar-refractivity contribution >= 4 is 11.6 Å². The lowest BCUT2D eigenvalue weighted by Crippen LogP contribution is -2.56. The average molecular weight is 311 g/mol. The van der Waals surface area contributed by atoms with E-state index >= 15 is 0 Å². The van der Waals surface area contributed by atoms with E-state index in [9.17, 15) is 23.1 Å². The van der Waals surface area contributed by atoms with Crippen molar-refractivity contribution in [3.63, 3.8) is 0 Å². The molecule has 1 heterocycles. The number of aliphatic hydroxyl groups is 1.